The fourth-order valence-electron chi connectivity index (χ4n) is 1.78. The van der Waals surface area contributed by atoms with Gasteiger partial charge in [-0.2, -0.15) is 0 Å². The predicted octanol–water partition coefficient (Wildman–Crippen LogP) is 0.908. The number of hydrogen-bond acceptors (Lipinski definition) is 6. The number of benzene rings is 1. The Morgan fingerprint density at radius 2 is 1.90 bits per heavy atom. The molecule has 0 radical (unpaired) electrons. The Morgan fingerprint density at radius 1 is 1.24 bits per heavy atom. The number of ether oxygens (including phenoxy) is 2. The number of methoxy groups -OCH3 is 1. The maximum absolute atomic E-state index is 11.9. The van der Waals surface area contributed by atoms with Gasteiger partial charge in [-0.25, -0.2) is 4.79 Å². The van der Waals surface area contributed by atoms with Crippen LogP contribution < -0.4 is 0 Å². The summed E-state index contributed by atoms with van der Waals surface area (Å²) in [6.45, 7) is -0.523. The van der Waals surface area contributed by atoms with E-state index in [1.165, 1.54) is 7.11 Å². The van der Waals surface area contributed by atoms with E-state index >= 15 is 0 Å². The smallest absolute Gasteiger partial charge is 0.338 e. The van der Waals surface area contributed by atoms with Gasteiger partial charge in [-0.15, -0.1) is 0 Å². The number of carbonyl (C=O) groups excluding carboxylic acids is 2. The van der Waals surface area contributed by atoms with Gasteiger partial charge in [0.05, 0.1) is 19.3 Å². The van der Waals surface area contributed by atoms with Gasteiger partial charge in [0.1, 0.15) is 12.2 Å². The summed E-state index contributed by atoms with van der Waals surface area (Å²) in [5.74, 6) is -0.951. The average Bonchev–Trinajstić information content (AvgIpc) is 2.53. The Bertz CT molecular complexity index is 445. The van der Waals surface area contributed by atoms with Gasteiger partial charge in [0.15, 0.2) is 0 Å². The van der Waals surface area contributed by atoms with E-state index in [-0.39, 0.29) is 18.8 Å². The summed E-state index contributed by atoms with van der Waals surface area (Å²) in [6, 6.07) is 8.36. The van der Waals surface area contributed by atoms with E-state index in [1.807, 2.05) is 0 Å². The maximum atomic E-state index is 11.9. The van der Waals surface area contributed by atoms with Gasteiger partial charge in [-0.3, -0.25) is 4.79 Å². The van der Waals surface area contributed by atoms with Crippen LogP contribution >= 0.6 is 0 Å². The first-order valence-corrected chi connectivity index (χ1v) is 6.70. The molecule has 0 heterocycles. The molecule has 0 bridgehead atoms. The van der Waals surface area contributed by atoms with Gasteiger partial charge in [-0.1, -0.05) is 18.2 Å². The van der Waals surface area contributed by atoms with Crippen LogP contribution in [0.5, 0.6) is 0 Å². The third-order valence-corrected chi connectivity index (χ3v) is 2.98. The molecule has 6 nitrogen and oxygen atoms in total. The van der Waals surface area contributed by atoms with E-state index in [1.54, 1.807) is 30.3 Å². The molecule has 0 aliphatic heterocycles. The molecule has 0 aliphatic rings. The lowest BCUT2D eigenvalue weighted by Gasteiger charge is -2.21. The highest BCUT2D eigenvalue weighted by Crippen LogP contribution is 2.13. The van der Waals surface area contributed by atoms with Crippen molar-refractivity contribution in [2.75, 3.05) is 13.7 Å². The van der Waals surface area contributed by atoms with Gasteiger partial charge in [0.25, 0.3) is 0 Å². The molecule has 0 amide bonds. The first kappa shape index (κ1) is 17.1. The van der Waals surface area contributed by atoms with E-state index < -0.39 is 24.8 Å². The van der Waals surface area contributed by atoms with Crippen molar-refractivity contribution in [3.63, 3.8) is 0 Å². The minimum absolute atomic E-state index is 0.161. The number of aliphatic hydroxyl groups is 2. The van der Waals surface area contributed by atoms with E-state index in [0.29, 0.717) is 12.0 Å². The van der Waals surface area contributed by atoms with E-state index in [4.69, 9.17) is 9.84 Å². The normalized spacial score (nSPS) is 13.3. The maximum Gasteiger partial charge on any atom is 0.338 e. The molecule has 1 aromatic rings. The monoisotopic (exact) mass is 296 g/mol. The Morgan fingerprint density at radius 3 is 2.48 bits per heavy atom. The summed E-state index contributed by atoms with van der Waals surface area (Å²) >= 11 is 0. The van der Waals surface area contributed by atoms with Crippen LogP contribution in [0.1, 0.15) is 29.6 Å². The van der Waals surface area contributed by atoms with Crippen LogP contribution in [0.25, 0.3) is 0 Å². The lowest BCUT2D eigenvalue weighted by atomic mass is 10.1. The lowest BCUT2D eigenvalue weighted by molar-refractivity contribution is -0.140. The van der Waals surface area contributed by atoms with Crippen LogP contribution in [0, 0.1) is 0 Å². The van der Waals surface area contributed by atoms with Crippen molar-refractivity contribution in [3.8, 4) is 0 Å². The molecule has 0 unspecified atom stereocenters. The number of esters is 2. The van der Waals surface area contributed by atoms with Crippen molar-refractivity contribution in [1.29, 1.82) is 0 Å². The molecule has 116 valence electrons. The highest BCUT2D eigenvalue weighted by molar-refractivity contribution is 5.89. The van der Waals surface area contributed by atoms with Crippen LogP contribution in [-0.4, -0.2) is 48.1 Å². The Balaban J connectivity index is 2.57. The van der Waals surface area contributed by atoms with Crippen molar-refractivity contribution >= 4 is 11.9 Å². The second-order valence-electron chi connectivity index (χ2n) is 4.53. The average molecular weight is 296 g/mol. The quantitative estimate of drug-likeness (QED) is 0.693. The third-order valence-electron chi connectivity index (χ3n) is 2.98. The second kappa shape index (κ2) is 9.10. The van der Waals surface area contributed by atoms with Crippen LogP contribution in [0.15, 0.2) is 30.3 Å². The molecule has 0 spiro atoms. The number of carbonyl (C=O) groups is 2. The highest BCUT2D eigenvalue weighted by atomic mass is 16.6. The standard InChI is InChI=1S/C15H20O6/c1-20-14(18)9-5-8-13(12(17)10-16)21-15(19)11-6-3-2-4-7-11/h2-4,6-7,12-13,16-17H,5,8-10H2,1H3/t12-,13+/m1/s1. The molecule has 2 atom stereocenters. The van der Waals surface area contributed by atoms with Gasteiger partial charge in [0.2, 0.25) is 0 Å². The molecular formula is C15H20O6. The van der Waals surface area contributed by atoms with Crippen molar-refractivity contribution < 1.29 is 29.3 Å². The zero-order valence-corrected chi connectivity index (χ0v) is 11.9. The molecule has 21 heavy (non-hydrogen) atoms. The fraction of sp³-hybridized carbons (Fsp3) is 0.467. The molecule has 1 rings (SSSR count). The number of hydrogen-bond donors (Lipinski definition) is 2. The number of aliphatic hydroxyl groups excluding tert-OH is 2. The van der Waals surface area contributed by atoms with Crippen LogP contribution in [0.3, 0.4) is 0 Å². The third kappa shape index (κ3) is 5.93. The summed E-state index contributed by atoms with van der Waals surface area (Å²) in [5.41, 5.74) is 0.362. The SMILES string of the molecule is COC(=O)CCC[C@H](OC(=O)c1ccccc1)[C@H](O)CO. The zero-order valence-electron chi connectivity index (χ0n) is 11.9. The Kier molecular flexibility index (Phi) is 7.42. The van der Waals surface area contributed by atoms with Crippen LogP contribution in [0.2, 0.25) is 0 Å². The summed E-state index contributed by atoms with van der Waals surface area (Å²) in [4.78, 5) is 23.0. The van der Waals surface area contributed by atoms with Crippen molar-refractivity contribution in [2.45, 2.75) is 31.5 Å². The summed E-state index contributed by atoms with van der Waals surface area (Å²) in [6.07, 6.45) is -1.25. The topological polar surface area (TPSA) is 93.1 Å². The van der Waals surface area contributed by atoms with E-state index in [0.717, 1.165) is 0 Å². The van der Waals surface area contributed by atoms with Crippen LogP contribution in [-0.2, 0) is 14.3 Å². The van der Waals surface area contributed by atoms with Crippen molar-refractivity contribution in [1.82, 2.24) is 0 Å². The van der Waals surface area contributed by atoms with Gasteiger partial charge < -0.3 is 19.7 Å². The summed E-state index contributed by atoms with van der Waals surface area (Å²) in [7, 11) is 1.29. The molecule has 6 heteroatoms. The Hall–Kier alpha value is -1.92. The zero-order chi connectivity index (χ0) is 15.7. The van der Waals surface area contributed by atoms with Crippen molar-refractivity contribution in [2.24, 2.45) is 0 Å². The highest BCUT2D eigenvalue weighted by Gasteiger charge is 2.23. The molecule has 0 aromatic heterocycles. The van der Waals surface area contributed by atoms with Gasteiger partial charge >= 0.3 is 11.9 Å². The first-order chi connectivity index (χ1) is 10.1. The summed E-state index contributed by atoms with van der Waals surface area (Å²) < 4.78 is 9.71. The second-order valence-corrected chi connectivity index (χ2v) is 4.53. The van der Waals surface area contributed by atoms with Crippen LogP contribution in [0.4, 0.5) is 0 Å². The summed E-state index contributed by atoms with van der Waals surface area (Å²) in [5, 5.41) is 18.7. The van der Waals surface area contributed by atoms with E-state index in [9.17, 15) is 14.7 Å². The lowest BCUT2D eigenvalue weighted by Crippen LogP contribution is -2.34. The minimum Gasteiger partial charge on any atom is -0.469 e. The molecule has 2 N–H and O–H groups in total. The molecule has 0 saturated carbocycles. The van der Waals surface area contributed by atoms with E-state index in [2.05, 4.69) is 4.74 Å². The molecule has 0 saturated heterocycles. The number of rotatable bonds is 8. The predicted molar refractivity (Wildman–Crippen MR) is 74.6 cm³/mol. The van der Waals surface area contributed by atoms with Gasteiger partial charge in [0, 0.05) is 6.42 Å². The molecular weight excluding hydrogens is 276 g/mol. The molecule has 0 aliphatic carbocycles. The van der Waals surface area contributed by atoms with Gasteiger partial charge in [-0.05, 0) is 25.0 Å². The molecule has 1 aromatic carbocycles. The first-order valence-electron chi connectivity index (χ1n) is 6.70. The minimum atomic E-state index is -1.18. The Labute approximate surface area is 123 Å². The fourth-order valence-corrected chi connectivity index (χ4v) is 1.78. The van der Waals surface area contributed by atoms with Crippen molar-refractivity contribution in [3.05, 3.63) is 35.9 Å². The molecule has 0 fully saturated rings. The largest absolute Gasteiger partial charge is 0.469 e.